The lowest BCUT2D eigenvalue weighted by molar-refractivity contribution is 0.0731. The van der Waals surface area contributed by atoms with Crippen LogP contribution in [0.5, 0.6) is 17.2 Å². The third kappa shape index (κ3) is 12.4. The zero-order valence-electron chi connectivity index (χ0n) is 28.4. The van der Waals surface area contributed by atoms with Crippen molar-refractivity contribution in [3.63, 3.8) is 0 Å². The number of esters is 1. The largest absolute Gasteiger partial charge is 0.504 e. The normalized spacial score (nSPS) is 11.3. The first-order valence-electron chi connectivity index (χ1n) is 18.3. The van der Waals surface area contributed by atoms with Crippen molar-refractivity contribution < 1.29 is 19.7 Å². The minimum Gasteiger partial charge on any atom is -0.504 e. The monoisotopic (exact) mass is 616 g/mol. The lowest BCUT2D eigenvalue weighted by Crippen LogP contribution is -2.11. The maximum atomic E-state index is 13.6. The summed E-state index contributed by atoms with van der Waals surface area (Å²) in [6, 6.07) is 15.2. The summed E-state index contributed by atoms with van der Waals surface area (Å²) in [5.41, 5.74) is 1.74. The molecule has 0 saturated heterocycles. The van der Waals surface area contributed by atoms with E-state index in [4.69, 9.17) is 4.74 Å². The molecular formula is C41H60O4. The number of phenols is 2. The standard InChI is InChI=1S/C41H60O4/c1-3-5-7-9-11-13-15-17-19-21-27-33-28-23-26-32-37(33)45-41(44)38-35-30-25-24-29-34(35)36(39(42)40(38)43)31-22-20-18-16-14-12-10-8-6-4-2/h23-26,28-30,32,42-43H,3-22,27,31H2,1-2H3. The number of hydrogen-bond acceptors (Lipinski definition) is 4. The van der Waals surface area contributed by atoms with Gasteiger partial charge in [0.25, 0.3) is 0 Å². The van der Waals surface area contributed by atoms with Gasteiger partial charge < -0.3 is 14.9 Å². The first-order valence-corrected chi connectivity index (χ1v) is 18.3. The zero-order chi connectivity index (χ0) is 32.1. The Hall–Kier alpha value is -3.01. The molecular weight excluding hydrogens is 556 g/mol. The van der Waals surface area contributed by atoms with Crippen LogP contribution >= 0.6 is 0 Å². The topological polar surface area (TPSA) is 66.8 Å². The number of rotatable bonds is 24. The number of phenolic OH excluding ortho intramolecular Hbond substituents is 2. The van der Waals surface area contributed by atoms with Crippen LogP contribution in [0.15, 0.2) is 48.5 Å². The van der Waals surface area contributed by atoms with Gasteiger partial charge in [-0.05, 0) is 42.7 Å². The fourth-order valence-electron chi connectivity index (χ4n) is 6.49. The Kier molecular flexibility index (Phi) is 17.6. The van der Waals surface area contributed by atoms with E-state index >= 15 is 0 Å². The van der Waals surface area contributed by atoms with Crippen molar-refractivity contribution in [1.82, 2.24) is 0 Å². The van der Waals surface area contributed by atoms with E-state index in [-0.39, 0.29) is 17.1 Å². The van der Waals surface area contributed by atoms with Gasteiger partial charge in [0.05, 0.1) is 0 Å². The number of carbonyl (C=O) groups excluding carboxylic acids is 1. The minimum atomic E-state index is -0.639. The van der Waals surface area contributed by atoms with Crippen LogP contribution in [0, 0.1) is 0 Å². The quantitative estimate of drug-likeness (QED) is 0.0455. The molecule has 0 unspecified atom stereocenters. The number of aryl methyl sites for hydroxylation is 2. The molecule has 3 aromatic carbocycles. The maximum absolute atomic E-state index is 13.6. The number of unbranched alkanes of at least 4 members (excludes halogenated alkanes) is 18. The number of aromatic hydroxyl groups is 2. The van der Waals surface area contributed by atoms with Crippen LogP contribution in [0.4, 0.5) is 0 Å². The molecule has 0 spiro atoms. The van der Waals surface area contributed by atoms with Crippen molar-refractivity contribution in [2.24, 2.45) is 0 Å². The number of ether oxygens (including phenoxy) is 1. The number of benzene rings is 3. The van der Waals surface area contributed by atoms with Crippen LogP contribution in [0.25, 0.3) is 10.8 Å². The smallest absolute Gasteiger partial charge is 0.348 e. The SMILES string of the molecule is CCCCCCCCCCCCc1ccccc1OC(=O)c1c(O)c(O)c(CCCCCCCCCCCC)c2ccccc12. The molecule has 0 aliphatic rings. The van der Waals surface area contributed by atoms with E-state index in [2.05, 4.69) is 13.8 Å². The summed E-state index contributed by atoms with van der Waals surface area (Å²) in [4.78, 5) is 13.6. The Labute approximate surface area is 273 Å². The average Bonchev–Trinajstić information content (AvgIpc) is 3.05. The van der Waals surface area contributed by atoms with E-state index in [0.29, 0.717) is 23.1 Å². The van der Waals surface area contributed by atoms with Crippen LogP contribution in [-0.2, 0) is 12.8 Å². The highest BCUT2D eigenvalue weighted by molar-refractivity contribution is 6.10. The number of para-hydroxylation sites is 1. The molecule has 248 valence electrons. The van der Waals surface area contributed by atoms with E-state index in [0.717, 1.165) is 43.1 Å². The molecule has 0 atom stereocenters. The molecule has 0 saturated carbocycles. The molecule has 45 heavy (non-hydrogen) atoms. The Morgan fingerprint density at radius 3 is 1.53 bits per heavy atom. The zero-order valence-corrected chi connectivity index (χ0v) is 28.4. The van der Waals surface area contributed by atoms with E-state index < -0.39 is 5.97 Å². The van der Waals surface area contributed by atoms with E-state index in [1.54, 1.807) is 0 Å². The van der Waals surface area contributed by atoms with Crippen molar-refractivity contribution in [2.75, 3.05) is 0 Å². The van der Waals surface area contributed by atoms with Gasteiger partial charge in [-0.3, -0.25) is 0 Å². The fourth-order valence-corrected chi connectivity index (χ4v) is 6.49. The Bertz CT molecular complexity index is 1260. The lowest BCUT2D eigenvalue weighted by Gasteiger charge is -2.16. The van der Waals surface area contributed by atoms with Crippen LogP contribution in [-0.4, -0.2) is 16.2 Å². The average molecular weight is 617 g/mol. The van der Waals surface area contributed by atoms with Gasteiger partial charge in [0.1, 0.15) is 11.3 Å². The van der Waals surface area contributed by atoms with Gasteiger partial charge in [0.2, 0.25) is 0 Å². The van der Waals surface area contributed by atoms with E-state index in [1.807, 2.05) is 48.5 Å². The number of hydrogen-bond donors (Lipinski definition) is 2. The van der Waals surface area contributed by atoms with Crippen LogP contribution in [0.3, 0.4) is 0 Å². The molecule has 0 aliphatic carbocycles. The van der Waals surface area contributed by atoms with Gasteiger partial charge in [-0.25, -0.2) is 4.79 Å². The predicted molar refractivity (Wildman–Crippen MR) is 190 cm³/mol. The molecule has 4 nitrogen and oxygen atoms in total. The molecule has 0 fully saturated rings. The third-order valence-electron chi connectivity index (χ3n) is 9.23. The Morgan fingerprint density at radius 2 is 0.978 bits per heavy atom. The van der Waals surface area contributed by atoms with Crippen LogP contribution in [0.1, 0.15) is 164 Å². The first-order chi connectivity index (χ1) is 22.1. The van der Waals surface area contributed by atoms with Crippen molar-refractivity contribution in [3.8, 4) is 17.2 Å². The lowest BCUT2D eigenvalue weighted by atomic mass is 9.93. The van der Waals surface area contributed by atoms with Crippen molar-refractivity contribution in [2.45, 2.75) is 155 Å². The molecule has 3 aromatic rings. The molecule has 0 bridgehead atoms. The second-order valence-electron chi connectivity index (χ2n) is 13.0. The van der Waals surface area contributed by atoms with E-state index in [9.17, 15) is 15.0 Å². The molecule has 3 rings (SSSR count). The number of carbonyl (C=O) groups is 1. The predicted octanol–water partition coefficient (Wildman–Crippen LogP) is 12.4. The number of fused-ring (bicyclic) bond motifs is 1. The van der Waals surface area contributed by atoms with Gasteiger partial charge in [-0.1, -0.05) is 172 Å². The molecule has 0 heterocycles. The van der Waals surface area contributed by atoms with Crippen LogP contribution in [0.2, 0.25) is 0 Å². The van der Waals surface area contributed by atoms with Crippen molar-refractivity contribution in [1.29, 1.82) is 0 Å². The second kappa shape index (κ2) is 21.7. The minimum absolute atomic E-state index is 0.0312. The molecule has 0 aromatic heterocycles. The summed E-state index contributed by atoms with van der Waals surface area (Å²) < 4.78 is 5.91. The highest BCUT2D eigenvalue weighted by Gasteiger charge is 2.25. The summed E-state index contributed by atoms with van der Waals surface area (Å²) in [5, 5.41) is 23.6. The molecule has 0 radical (unpaired) electrons. The van der Waals surface area contributed by atoms with E-state index in [1.165, 1.54) is 103 Å². The van der Waals surface area contributed by atoms with Crippen molar-refractivity contribution >= 4 is 16.7 Å². The summed E-state index contributed by atoms with van der Waals surface area (Å²) in [5.74, 6) is -0.695. The molecule has 0 aliphatic heterocycles. The summed E-state index contributed by atoms with van der Waals surface area (Å²) in [7, 11) is 0. The highest BCUT2D eigenvalue weighted by atomic mass is 16.5. The summed E-state index contributed by atoms with van der Waals surface area (Å²) in [6.07, 6.45) is 26.6. The highest BCUT2D eigenvalue weighted by Crippen LogP contribution is 2.41. The maximum Gasteiger partial charge on any atom is 0.348 e. The van der Waals surface area contributed by atoms with Crippen LogP contribution < -0.4 is 4.74 Å². The second-order valence-corrected chi connectivity index (χ2v) is 13.0. The van der Waals surface area contributed by atoms with Gasteiger partial charge in [-0.15, -0.1) is 0 Å². The summed E-state index contributed by atoms with van der Waals surface area (Å²) in [6.45, 7) is 4.51. The molecule has 2 N–H and O–H groups in total. The van der Waals surface area contributed by atoms with Gasteiger partial charge in [0, 0.05) is 10.9 Å². The van der Waals surface area contributed by atoms with Crippen molar-refractivity contribution in [3.05, 3.63) is 65.2 Å². The first kappa shape index (κ1) is 36.5. The summed E-state index contributed by atoms with van der Waals surface area (Å²) >= 11 is 0. The fraction of sp³-hybridized carbons (Fsp3) is 0.585. The third-order valence-corrected chi connectivity index (χ3v) is 9.23. The molecule has 4 heteroatoms. The van der Waals surface area contributed by atoms with Gasteiger partial charge >= 0.3 is 5.97 Å². The van der Waals surface area contributed by atoms with Gasteiger partial charge in [-0.2, -0.15) is 0 Å². The Morgan fingerprint density at radius 1 is 0.533 bits per heavy atom. The Balaban J connectivity index is 1.56. The van der Waals surface area contributed by atoms with Gasteiger partial charge in [0.15, 0.2) is 11.5 Å². The molecule has 0 amide bonds.